The van der Waals surface area contributed by atoms with Crippen molar-refractivity contribution in [1.82, 2.24) is 15.5 Å². The highest BCUT2D eigenvalue weighted by atomic mass is 35.5. The monoisotopic (exact) mass is 267 g/mol. The first-order valence-corrected chi connectivity index (χ1v) is 5.76. The maximum Gasteiger partial charge on any atom is 0.258 e. The predicted molar refractivity (Wildman–Crippen MR) is 73.9 cm³/mol. The van der Waals surface area contributed by atoms with Gasteiger partial charge in [0.15, 0.2) is 5.82 Å². The van der Waals surface area contributed by atoms with Crippen LogP contribution in [-0.2, 0) is 6.42 Å². The SMILES string of the molecule is CNC(C)Cc1noc(-c2ccccc2C)n1.Cl. The molecule has 1 N–H and O–H groups in total. The third-order valence-electron chi connectivity index (χ3n) is 2.83. The molecule has 0 aliphatic carbocycles. The topological polar surface area (TPSA) is 51.0 Å². The Balaban J connectivity index is 0.00000162. The van der Waals surface area contributed by atoms with Crippen molar-refractivity contribution in [3.8, 4) is 11.5 Å². The largest absolute Gasteiger partial charge is 0.334 e. The van der Waals surface area contributed by atoms with Crippen LogP contribution in [0.15, 0.2) is 28.8 Å². The minimum absolute atomic E-state index is 0. The highest BCUT2D eigenvalue weighted by Crippen LogP contribution is 2.21. The van der Waals surface area contributed by atoms with Crippen LogP contribution >= 0.6 is 12.4 Å². The Morgan fingerprint density at radius 3 is 2.72 bits per heavy atom. The fourth-order valence-corrected chi connectivity index (χ4v) is 1.64. The van der Waals surface area contributed by atoms with Crippen molar-refractivity contribution >= 4 is 12.4 Å². The van der Waals surface area contributed by atoms with Crippen molar-refractivity contribution in [2.45, 2.75) is 26.3 Å². The molecule has 1 unspecified atom stereocenters. The fraction of sp³-hybridized carbons (Fsp3) is 0.385. The van der Waals surface area contributed by atoms with Crippen molar-refractivity contribution in [3.05, 3.63) is 35.7 Å². The van der Waals surface area contributed by atoms with Gasteiger partial charge >= 0.3 is 0 Å². The molecule has 98 valence electrons. The molecule has 2 rings (SSSR count). The Labute approximate surface area is 113 Å². The van der Waals surface area contributed by atoms with E-state index in [-0.39, 0.29) is 12.4 Å². The molecule has 5 heteroatoms. The zero-order valence-corrected chi connectivity index (χ0v) is 11.6. The van der Waals surface area contributed by atoms with Crippen LogP contribution < -0.4 is 5.32 Å². The lowest BCUT2D eigenvalue weighted by Crippen LogP contribution is -2.24. The van der Waals surface area contributed by atoms with E-state index in [4.69, 9.17) is 4.52 Å². The number of nitrogens with zero attached hydrogens (tertiary/aromatic N) is 2. The molecule has 0 radical (unpaired) electrons. The lowest BCUT2D eigenvalue weighted by atomic mass is 10.1. The number of hydrogen-bond acceptors (Lipinski definition) is 4. The third kappa shape index (κ3) is 3.31. The van der Waals surface area contributed by atoms with Crippen LogP contribution in [0.3, 0.4) is 0 Å². The van der Waals surface area contributed by atoms with Crippen LogP contribution in [0.2, 0.25) is 0 Å². The van der Waals surface area contributed by atoms with Crippen LogP contribution in [0, 0.1) is 6.92 Å². The molecule has 1 aromatic carbocycles. The van der Waals surface area contributed by atoms with Gasteiger partial charge in [-0.1, -0.05) is 23.4 Å². The van der Waals surface area contributed by atoms with Gasteiger partial charge in [-0.15, -0.1) is 12.4 Å². The van der Waals surface area contributed by atoms with Crippen molar-refractivity contribution in [1.29, 1.82) is 0 Å². The van der Waals surface area contributed by atoms with E-state index in [1.54, 1.807) is 0 Å². The second-order valence-corrected chi connectivity index (χ2v) is 4.22. The summed E-state index contributed by atoms with van der Waals surface area (Å²) in [5.74, 6) is 1.34. The second-order valence-electron chi connectivity index (χ2n) is 4.22. The zero-order chi connectivity index (χ0) is 12.3. The molecule has 0 aliphatic rings. The number of benzene rings is 1. The number of hydrogen-bond donors (Lipinski definition) is 1. The molecule has 4 nitrogen and oxygen atoms in total. The smallest absolute Gasteiger partial charge is 0.258 e. The molecular formula is C13H18ClN3O. The summed E-state index contributed by atoms with van der Waals surface area (Å²) in [6, 6.07) is 8.35. The minimum Gasteiger partial charge on any atom is -0.334 e. The summed E-state index contributed by atoms with van der Waals surface area (Å²) in [5, 5.41) is 7.15. The first-order valence-electron chi connectivity index (χ1n) is 5.76. The van der Waals surface area contributed by atoms with Gasteiger partial charge in [0.2, 0.25) is 0 Å². The van der Waals surface area contributed by atoms with Gasteiger partial charge in [-0.2, -0.15) is 4.98 Å². The maximum atomic E-state index is 5.29. The van der Waals surface area contributed by atoms with E-state index in [0.717, 1.165) is 23.4 Å². The molecule has 0 amide bonds. The molecule has 2 aromatic rings. The number of aryl methyl sites for hydroxylation is 1. The van der Waals surface area contributed by atoms with Gasteiger partial charge in [0.25, 0.3) is 5.89 Å². The van der Waals surface area contributed by atoms with E-state index in [0.29, 0.717) is 11.9 Å². The molecule has 18 heavy (non-hydrogen) atoms. The van der Waals surface area contributed by atoms with Crippen molar-refractivity contribution < 1.29 is 4.52 Å². The summed E-state index contributed by atoms with van der Waals surface area (Å²) in [7, 11) is 1.92. The zero-order valence-electron chi connectivity index (χ0n) is 10.8. The number of rotatable bonds is 4. The Bertz CT molecular complexity index is 498. The quantitative estimate of drug-likeness (QED) is 0.925. The van der Waals surface area contributed by atoms with E-state index in [9.17, 15) is 0 Å². The van der Waals surface area contributed by atoms with Gasteiger partial charge in [0.05, 0.1) is 0 Å². The standard InChI is InChI=1S/C13H17N3O.ClH/c1-9-6-4-5-7-11(9)13-15-12(16-17-13)8-10(2)14-3;/h4-7,10,14H,8H2,1-3H3;1H. The van der Waals surface area contributed by atoms with Gasteiger partial charge in [-0.3, -0.25) is 0 Å². The molecule has 0 fully saturated rings. The lowest BCUT2D eigenvalue weighted by Gasteiger charge is -2.04. The Kier molecular flexibility index (Phi) is 5.31. The first kappa shape index (κ1) is 14.7. The normalized spacial score (nSPS) is 11.9. The van der Waals surface area contributed by atoms with Crippen LogP contribution in [0.5, 0.6) is 0 Å². The molecule has 1 atom stereocenters. The van der Waals surface area contributed by atoms with E-state index >= 15 is 0 Å². The highest BCUT2D eigenvalue weighted by molar-refractivity contribution is 5.85. The summed E-state index contributed by atoms with van der Waals surface area (Å²) in [6.45, 7) is 4.12. The molecule has 1 heterocycles. The van der Waals surface area contributed by atoms with E-state index < -0.39 is 0 Å². The van der Waals surface area contributed by atoms with Crippen molar-refractivity contribution in [2.24, 2.45) is 0 Å². The highest BCUT2D eigenvalue weighted by Gasteiger charge is 2.12. The van der Waals surface area contributed by atoms with Gasteiger partial charge in [0, 0.05) is 18.0 Å². The average molecular weight is 268 g/mol. The molecule has 0 aliphatic heterocycles. The third-order valence-corrected chi connectivity index (χ3v) is 2.83. The van der Waals surface area contributed by atoms with Gasteiger partial charge in [-0.05, 0) is 32.5 Å². The van der Waals surface area contributed by atoms with E-state index in [1.807, 2.05) is 38.2 Å². The van der Waals surface area contributed by atoms with Gasteiger partial charge in [-0.25, -0.2) is 0 Å². The summed E-state index contributed by atoms with van der Waals surface area (Å²) < 4.78 is 5.29. The first-order chi connectivity index (χ1) is 8.20. The van der Waals surface area contributed by atoms with E-state index in [1.165, 1.54) is 0 Å². The molecule has 0 bridgehead atoms. The number of likely N-dealkylation sites (N-methyl/N-ethyl adjacent to an activating group) is 1. The molecule has 0 saturated carbocycles. The van der Waals surface area contributed by atoms with Crippen LogP contribution in [0.4, 0.5) is 0 Å². The van der Waals surface area contributed by atoms with Crippen molar-refractivity contribution in [2.75, 3.05) is 7.05 Å². The number of nitrogens with one attached hydrogen (secondary N) is 1. The average Bonchev–Trinajstić information content (AvgIpc) is 2.78. The van der Waals surface area contributed by atoms with Gasteiger partial charge in [0.1, 0.15) is 0 Å². The Hall–Kier alpha value is -1.39. The second kappa shape index (κ2) is 6.52. The molecular weight excluding hydrogens is 250 g/mol. The summed E-state index contributed by atoms with van der Waals surface area (Å²) in [5.41, 5.74) is 2.15. The lowest BCUT2D eigenvalue weighted by molar-refractivity contribution is 0.418. The summed E-state index contributed by atoms with van der Waals surface area (Å²) in [4.78, 5) is 4.41. The number of aromatic nitrogens is 2. The van der Waals surface area contributed by atoms with Crippen LogP contribution in [-0.4, -0.2) is 23.2 Å². The predicted octanol–water partition coefficient (Wildman–Crippen LogP) is 2.62. The van der Waals surface area contributed by atoms with Crippen LogP contribution in [0.1, 0.15) is 18.3 Å². The number of halogens is 1. The van der Waals surface area contributed by atoms with Gasteiger partial charge < -0.3 is 9.84 Å². The van der Waals surface area contributed by atoms with Crippen molar-refractivity contribution in [3.63, 3.8) is 0 Å². The van der Waals surface area contributed by atoms with Crippen LogP contribution in [0.25, 0.3) is 11.5 Å². The van der Waals surface area contributed by atoms with E-state index in [2.05, 4.69) is 22.4 Å². The molecule has 1 aromatic heterocycles. The minimum atomic E-state index is 0. The Morgan fingerprint density at radius 2 is 2.06 bits per heavy atom. The summed E-state index contributed by atoms with van der Waals surface area (Å²) in [6.07, 6.45) is 0.770. The Morgan fingerprint density at radius 1 is 1.33 bits per heavy atom. The maximum absolute atomic E-state index is 5.29. The fourth-order valence-electron chi connectivity index (χ4n) is 1.64. The molecule has 0 saturated heterocycles. The summed E-state index contributed by atoms with van der Waals surface area (Å²) >= 11 is 0. The molecule has 0 spiro atoms.